The lowest BCUT2D eigenvalue weighted by Crippen LogP contribution is -2.47. The summed E-state index contributed by atoms with van der Waals surface area (Å²) in [5.41, 5.74) is -3.74. The van der Waals surface area contributed by atoms with E-state index in [9.17, 15) is 35.9 Å². The van der Waals surface area contributed by atoms with E-state index in [1.54, 1.807) is 0 Å². The maximum Gasteiger partial charge on any atom is 0.406 e. The molecule has 1 atom stereocenters. The second-order valence-electron chi connectivity index (χ2n) is 5.38. The average molecular weight is 371 g/mol. The molecule has 0 saturated carbocycles. The van der Waals surface area contributed by atoms with Crippen molar-refractivity contribution in [2.45, 2.75) is 19.2 Å². The van der Waals surface area contributed by atoms with E-state index in [1.807, 2.05) is 0 Å². The van der Waals surface area contributed by atoms with Gasteiger partial charge in [-0.1, -0.05) is 0 Å². The number of aliphatic carboxylic acids is 1. The van der Waals surface area contributed by atoms with Crippen LogP contribution in [-0.4, -0.2) is 47.8 Å². The number of carboxylic acids is 1. The summed E-state index contributed by atoms with van der Waals surface area (Å²) in [6, 6.07) is 2.02. The molecule has 1 saturated heterocycles. The lowest BCUT2D eigenvalue weighted by atomic mass is 9.86. The van der Waals surface area contributed by atoms with Crippen LogP contribution >= 0.6 is 0 Å². The molecule has 0 spiro atoms. The van der Waals surface area contributed by atoms with Crippen molar-refractivity contribution in [2.75, 3.05) is 13.1 Å². The number of carbonyl (C=O) groups is 2. The molecule has 1 amide bonds. The topological polar surface area (TPSA) is 66.8 Å². The van der Waals surface area contributed by atoms with Crippen molar-refractivity contribution in [3.8, 4) is 5.75 Å². The first kappa shape index (κ1) is 18.9. The van der Waals surface area contributed by atoms with Gasteiger partial charge in [0.15, 0.2) is 5.41 Å². The predicted octanol–water partition coefficient (Wildman–Crippen LogP) is 2.91. The predicted molar refractivity (Wildman–Crippen MR) is 69.7 cm³/mol. The quantitative estimate of drug-likeness (QED) is 0.827. The van der Waals surface area contributed by atoms with E-state index in [0.717, 1.165) is 12.1 Å². The van der Waals surface area contributed by atoms with Crippen molar-refractivity contribution >= 4 is 11.9 Å². The molecular weight excluding hydrogens is 360 g/mol. The minimum atomic E-state index is -5.11. The van der Waals surface area contributed by atoms with E-state index < -0.39 is 66.7 Å². The van der Waals surface area contributed by atoms with Crippen molar-refractivity contribution in [1.82, 2.24) is 4.90 Å². The number of rotatable bonds is 4. The van der Waals surface area contributed by atoms with Gasteiger partial charge in [0.05, 0.1) is 5.56 Å². The van der Waals surface area contributed by atoms with Crippen molar-refractivity contribution in [3.63, 3.8) is 0 Å². The normalized spacial score (nSPS) is 20.8. The second-order valence-corrected chi connectivity index (χ2v) is 5.38. The third-order valence-electron chi connectivity index (χ3n) is 3.90. The van der Waals surface area contributed by atoms with Crippen LogP contribution in [0.2, 0.25) is 0 Å². The number of ether oxygens (including phenoxy) is 1. The molecule has 2 rings (SSSR count). The van der Waals surface area contributed by atoms with Crippen LogP contribution in [-0.2, 0) is 4.79 Å². The van der Waals surface area contributed by atoms with Gasteiger partial charge in [-0.2, -0.15) is 22.0 Å². The van der Waals surface area contributed by atoms with E-state index in [0.29, 0.717) is 11.0 Å². The van der Waals surface area contributed by atoms with E-state index >= 15 is 0 Å². The number of carboxylic acid groups (broad SMARTS) is 1. The van der Waals surface area contributed by atoms with Crippen molar-refractivity contribution in [1.29, 1.82) is 0 Å². The van der Waals surface area contributed by atoms with Gasteiger partial charge in [0.1, 0.15) is 11.6 Å². The summed E-state index contributed by atoms with van der Waals surface area (Å²) in [4.78, 5) is 24.0. The number of hydrogen-bond donors (Lipinski definition) is 1. The van der Waals surface area contributed by atoms with E-state index in [4.69, 9.17) is 5.11 Å². The van der Waals surface area contributed by atoms with Gasteiger partial charge in [0, 0.05) is 19.2 Å². The number of hydrogen-bond acceptors (Lipinski definition) is 3. The molecule has 0 aromatic heterocycles. The molecule has 1 aliphatic heterocycles. The molecule has 1 aromatic carbocycles. The number of nitrogens with zero attached hydrogens (tertiary/aromatic N) is 1. The van der Waals surface area contributed by atoms with Gasteiger partial charge < -0.3 is 14.7 Å². The molecule has 1 unspecified atom stereocenters. The number of alkyl halides is 5. The van der Waals surface area contributed by atoms with Gasteiger partial charge in [-0.3, -0.25) is 9.59 Å². The smallest absolute Gasteiger partial charge is 0.406 e. The fraction of sp³-hybridized carbons (Fsp3) is 0.429. The second kappa shape index (κ2) is 6.45. The Balaban J connectivity index is 2.33. The van der Waals surface area contributed by atoms with Gasteiger partial charge in [-0.25, -0.2) is 4.39 Å². The van der Waals surface area contributed by atoms with Crippen LogP contribution in [0.15, 0.2) is 18.2 Å². The van der Waals surface area contributed by atoms with Gasteiger partial charge in [-0.15, -0.1) is 0 Å². The van der Waals surface area contributed by atoms with Gasteiger partial charge >= 0.3 is 18.8 Å². The van der Waals surface area contributed by atoms with Crippen LogP contribution < -0.4 is 4.74 Å². The molecule has 1 heterocycles. The van der Waals surface area contributed by atoms with Crippen LogP contribution in [0.5, 0.6) is 5.75 Å². The summed E-state index contributed by atoms with van der Waals surface area (Å²) in [7, 11) is 0. The lowest BCUT2D eigenvalue weighted by Gasteiger charge is -2.27. The van der Waals surface area contributed by atoms with E-state index in [1.165, 1.54) is 0 Å². The summed E-state index contributed by atoms with van der Waals surface area (Å²) >= 11 is 0. The van der Waals surface area contributed by atoms with Crippen molar-refractivity contribution in [2.24, 2.45) is 5.41 Å². The first-order valence-electron chi connectivity index (χ1n) is 6.82. The van der Waals surface area contributed by atoms with Gasteiger partial charge in [-0.05, 0) is 18.6 Å². The molecule has 25 heavy (non-hydrogen) atoms. The van der Waals surface area contributed by atoms with Gasteiger partial charge in [0.25, 0.3) is 5.91 Å². The van der Waals surface area contributed by atoms with Gasteiger partial charge in [0.2, 0.25) is 0 Å². The monoisotopic (exact) mass is 371 g/mol. The Kier molecular flexibility index (Phi) is 4.87. The maximum atomic E-state index is 13.1. The number of amides is 1. The first-order chi connectivity index (χ1) is 11.5. The Hall–Kier alpha value is -2.46. The Morgan fingerprint density at radius 2 is 1.92 bits per heavy atom. The molecule has 0 radical (unpaired) electrons. The number of likely N-dealkylation sites (tertiary alicyclic amines) is 1. The zero-order chi connectivity index (χ0) is 19.0. The number of carbonyl (C=O) groups excluding carboxylic acids is 1. The highest BCUT2D eigenvalue weighted by Gasteiger charge is 2.64. The number of benzene rings is 1. The van der Waals surface area contributed by atoms with E-state index in [-0.39, 0.29) is 0 Å². The molecular formula is C14H11F6NO4. The first-order valence-corrected chi connectivity index (χ1v) is 6.82. The molecule has 1 aliphatic rings. The standard InChI is InChI=1S/C14H11F6NO4/c15-7-1-2-8(9(5-7)25-12(16)17)10(22)21-4-3-13(6-21,11(23)24)14(18,19)20/h1-2,5,12H,3-4,6H2,(H,23,24). The summed E-state index contributed by atoms with van der Waals surface area (Å²) in [6.07, 6.45) is -6.00. The third-order valence-corrected chi connectivity index (χ3v) is 3.90. The molecule has 1 fully saturated rings. The Morgan fingerprint density at radius 1 is 1.28 bits per heavy atom. The fourth-order valence-corrected chi connectivity index (χ4v) is 2.55. The Morgan fingerprint density at radius 3 is 2.40 bits per heavy atom. The zero-order valence-corrected chi connectivity index (χ0v) is 12.3. The molecule has 5 nitrogen and oxygen atoms in total. The largest absolute Gasteiger partial charge is 0.481 e. The highest BCUT2D eigenvalue weighted by atomic mass is 19.4. The highest BCUT2D eigenvalue weighted by Crippen LogP contribution is 2.46. The third kappa shape index (κ3) is 3.49. The minimum absolute atomic E-state index is 0.490. The maximum absolute atomic E-state index is 13.1. The van der Waals surface area contributed by atoms with E-state index in [2.05, 4.69) is 4.74 Å². The Labute approximate surface area is 136 Å². The molecule has 0 bridgehead atoms. The molecule has 11 heteroatoms. The molecule has 138 valence electrons. The fourth-order valence-electron chi connectivity index (χ4n) is 2.55. The van der Waals surface area contributed by atoms with Crippen LogP contribution in [0.3, 0.4) is 0 Å². The molecule has 0 aliphatic carbocycles. The summed E-state index contributed by atoms with van der Waals surface area (Å²) in [5.74, 6) is -5.15. The summed E-state index contributed by atoms with van der Waals surface area (Å²) in [6.45, 7) is -5.13. The summed E-state index contributed by atoms with van der Waals surface area (Å²) in [5, 5.41) is 8.95. The average Bonchev–Trinajstić information content (AvgIpc) is 2.92. The SMILES string of the molecule is O=C(c1ccc(F)cc1OC(F)F)N1CCC(C(=O)O)(C(F)(F)F)C1. The molecule has 1 N–H and O–H groups in total. The Bertz CT molecular complexity index is 692. The van der Waals surface area contributed by atoms with Crippen molar-refractivity contribution < 1.29 is 45.8 Å². The summed E-state index contributed by atoms with van der Waals surface area (Å²) < 4.78 is 81.2. The minimum Gasteiger partial charge on any atom is -0.481 e. The van der Waals surface area contributed by atoms with Crippen LogP contribution in [0.1, 0.15) is 16.8 Å². The number of halogens is 6. The van der Waals surface area contributed by atoms with Crippen LogP contribution in [0.25, 0.3) is 0 Å². The zero-order valence-electron chi connectivity index (χ0n) is 12.3. The van der Waals surface area contributed by atoms with Crippen LogP contribution in [0.4, 0.5) is 26.3 Å². The molecule has 1 aromatic rings. The lowest BCUT2D eigenvalue weighted by molar-refractivity contribution is -0.227. The highest BCUT2D eigenvalue weighted by molar-refractivity contribution is 5.97. The van der Waals surface area contributed by atoms with Crippen molar-refractivity contribution in [3.05, 3.63) is 29.6 Å². The van der Waals surface area contributed by atoms with Crippen LogP contribution in [0, 0.1) is 11.2 Å².